The number of para-hydroxylation sites is 1. The highest BCUT2D eigenvalue weighted by atomic mass is 32.1. The van der Waals surface area contributed by atoms with Crippen molar-refractivity contribution in [1.82, 2.24) is 4.98 Å². The first kappa shape index (κ1) is 40.0. The molecule has 12 aromatic rings. The summed E-state index contributed by atoms with van der Waals surface area (Å²) in [5.74, 6) is 0.621. The molecule has 3 heterocycles. The van der Waals surface area contributed by atoms with Crippen LogP contribution in [0.15, 0.2) is 156 Å². The van der Waals surface area contributed by atoms with E-state index in [4.69, 9.17) is 9.40 Å². The van der Waals surface area contributed by atoms with E-state index < -0.39 is 0 Å². The Kier molecular flexibility index (Phi) is 9.38. The van der Waals surface area contributed by atoms with Crippen molar-refractivity contribution in [1.29, 1.82) is 0 Å². The Morgan fingerprint density at radius 2 is 1.08 bits per heavy atom. The molecule has 0 aliphatic carbocycles. The highest BCUT2D eigenvalue weighted by Gasteiger charge is 2.27. The first-order chi connectivity index (χ1) is 31.7. The number of rotatable bonds is 6. The highest BCUT2D eigenvalue weighted by Crippen LogP contribution is 2.49. The van der Waals surface area contributed by atoms with Crippen LogP contribution in [0.25, 0.3) is 95.9 Å². The van der Waals surface area contributed by atoms with E-state index in [2.05, 4.69) is 187 Å². The quantitative estimate of drug-likeness (QED) is 0.237. The molecular weight excluding hydrogens is 820 g/mol. The molecule has 3 nitrogen and oxygen atoms in total. The minimum atomic E-state index is 0.621. The topological polar surface area (TPSA) is 29.3 Å². The summed E-state index contributed by atoms with van der Waals surface area (Å²) in [6.07, 6.45) is 0. The molecule has 9 aromatic carbocycles. The van der Waals surface area contributed by atoms with Gasteiger partial charge >= 0.3 is 0 Å². The summed E-state index contributed by atoms with van der Waals surface area (Å²) in [6, 6.07) is 54.7. The Bertz CT molecular complexity index is 3920. The zero-order chi connectivity index (χ0) is 44.2. The molecule has 0 saturated heterocycles. The molecule has 3 aromatic heterocycles. The van der Waals surface area contributed by atoms with E-state index in [0.717, 1.165) is 39.2 Å². The van der Waals surface area contributed by atoms with Gasteiger partial charge in [-0.25, -0.2) is 4.98 Å². The predicted octanol–water partition coefficient (Wildman–Crippen LogP) is 4.00. The van der Waals surface area contributed by atoms with E-state index in [1.54, 1.807) is 0 Å². The van der Waals surface area contributed by atoms with Crippen molar-refractivity contribution in [3.8, 4) is 33.7 Å². The van der Waals surface area contributed by atoms with Crippen molar-refractivity contribution in [3.63, 3.8) is 0 Å². The Hall–Kier alpha value is -6.60. The number of oxazole rings is 1. The van der Waals surface area contributed by atoms with E-state index >= 15 is 0 Å². The van der Waals surface area contributed by atoms with E-state index in [1.807, 2.05) is 46.9 Å². The Morgan fingerprint density at radius 1 is 0.431 bits per heavy atom. The molecule has 0 atom stereocenters. The third-order valence-corrected chi connectivity index (χ3v) is 16.7. The Balaban J connectivity index is 1.20. The number of anilines is 3. The van der Waals surface area contributed by atoms with Gasteiger partial charge in [0.2, 0.25) is 5.89 Å². The molecule has 0 unspecified atom stereocenters. The van der Waals surface area contributed by atoms with Crippen LogP contribution >= 0.6 is 22.7 Å². The number of hydrogen-bond acceptors (Lipinski definition) is 5. The molecular formula is C53H39B7N2OS2. The molecule has 0 aliphatic heterocycles. The van der Waals surface area contributed by atoms with E-state index in [1.165, 1.54) is 106 Å². The molecule has 12 rings (SSSR count). The lowest BCUT2D eigenvalue weighted by atomic mass is 9.65. The Labute approximate surface area is 392 Å². The fourth-order valence-electron chi connectivity index (χ4n) is 10.4. The van der Waals surface area contributed by atoms with Crippen LogP contribution in [-0.2, 0) is 0 Å². The largest absolute Gasteiger partial charge is 0.436 e. The van der Waals surface area contributed by atoms with Crippen molar-refractivity contribution in [2.24, 2.45) is 0 Å². The van der Waals surface area contributed by atoms with Gasteiger partial charge in [-0.1, -0.05) is 130 Å². The summed E-state index contributed by atoms with van der Waals surface area (Å²) in [5, 5.41) is 7.76. The fourth-order valence-corrected chi connectivity index (χ4v) is 13.1. The van der Waals surface area contributed by atoms with Gasteiger partial charge in [-0.05, 0) is 86.8 Å². The zero-order valence-corrected chi connectivity index (χ0v) is 39.2. The predicted molar refractivity (Wildman–Crippen MR) is 306 cm³/mol. The third kappa shape index (κ3) is 6.14. The van der Waals surface area contributed by atoms with Crippen LogP contribution in [0.4, 0.5) is 17.1 Å². The number of hydrogen-bond donors (Lipinski definition) is 0. The summed E-state index contributed by atoms with van der Waals surface area (Å²) >= 11 is 3.83. The summed E-state index contributed by atoms with van der Waals surface area (Å²) in [4.78, 5) is 7.82. The number of benzene rings is 9. The van der Waals surface area contributed by atoms with Gasteiger partial charge < -0.3 is 9.32 Å². The van der Waals surface area contributed by atoms with Crippen LogP contribution in [0, 0.1) is 0 Å². The van der Waals surface area contributed by atoms with Crippen LogP contribution in [0.1, 0.15) is 0 Å². The van der Waals surface area contributed by atoms with Crippen LogP contribution in [-0.4, -0.2) is 59.9 Å². The molecule has 0 spiro atoms. The number of nitrogens with zero attached hydrogens (tertiary/aromatic N) is 2. The van der Waals surface area contributed by atoms with E-state index in [0.29, 0.717) is 5.89 Å². The average molecular weight is 860 g/mol. The minimum Gasteiger partial charge on any atom is -0.436 e. The van der Waals surface area contributed by atoms with Crippen LogP contribution in [0.5, 0.6) is 0 Å². The lowest BCUT2D eigenvalue weighted by Crippen LogP contribution is -2.47. The smallest absolute Gasteiger partial charge is 0.227 e. The van der Waals surface area contributed by atoms with Crippen molar-refractivity contribution >= 4 is 195 Å². The standard InChI is InChI=1S/C53H39B7N2OS2/c54-42-40-41-43(55)50(46(58)48(60)52(41)65-51(40)47(59)45(57)44(42)56)62(30-21-18-27(19-22-30)26-10-3-1-4-11-26)31-24-34(33-16-9-17-35-49(33)61-53(63-35)29-13-5-2-6-14-29)39-37(25-31)64-36-23-20-28-12-7-8-15-32(28)38(36)39/h1-25H,54-60H2. The van der Waals surface area contributed by atoms with Gasteiger partial charge in [0.15, 0.2) is 5.58 Å². The van der Waals surface area contributed by atoms with E-state index in [-0.39, 0.29) is 0 Å². The maximum atomic E-state index is 6.56. The molecule has 0 bridgehead atoms. The van der Waals surface area contributed by atoms with Gasteiger partial charge in [0.05, 0.1) is 0 Å². The lowest BCUT2D eigenvalue weighted by molar-refractivity contribution is 0.620. The highest BCUT2D eigenvalue weighted by molar-refractivity contribution is 7.28. The van der Waals surface area contributed by atoms with Gasteiger partial charge in [0.25, 0.3) is 0 Å². The molecule has 0 saturated carbocycles. The maximum absolute atomic E-state index is 6.56. The average Bonchev–Trinajstić information content (AvgIpc) is 4.08. The van der Waals surface area contributed by atoms with Gasteiger partial charge in [-0.2, -0.15) is 0 Å². The molecule has 0 fully saturated rings. The van der Waals surface area contributed by atoms with Gasteiger partial charge in [0, 0.05) is 57.8 Å². The normalized spacial score (nSPS) is 11.8. The molecule has 65 heavy (non-hydrogen) atoms. The van der Waals surface area contributed by atoms with Crippen LogP contribution < -0.4 is 43.1 Å². The first-order valence-electron chi connectivity index (χ1n) is 22.4. The van der Waals surface area contributed by atoms with Gasteiger partial charge in [0.1, 0.15) is 60.4 Å². The van der Waals surface area contributed by atoms with Gasteiger partial charge in [-0.3, -0.25) is 0 Å². The van der Waals surface area contributed by atoms with Crippen LogP contribution in [0.3, 0.4) is 0 Å². The molecule has 0 N–H and O–H groups in total. The fraction of sp³-hybridized carbons (Fsp3) is 0. The van der Waals surface area contributed by atoms with Crippen molar-refractivity contribution in [2.75, 3.05) is 4.90 Å². The summed E-state index contributed by atoms with van der Waals surface area (Å²) in [5.41, 5.74) is 20.0. The van der Waals surface area contributed by atoms with Crippen molar-refractivity contribution < 1.29 is 4.42 Å². The molecule has 300 valence electrons. The van der Waals surface area contributed by atoms with Crippen molar-refractivity contribution in [2.45, 2.75) is 0 Å². The molecule has 0 amide bonds. The number of thiophene rings is 2. The monoisotopic (exact) mass is 860 g/mol. The lowest BCUT2D eigenvalue weighted by Gasteiger charge is -2.31. The van der Waals surface area contributed by atoms with Gasteiger partial charge in [-0.15, -0.1) is 33.6 Å². The Morgan fingerprint density at radius 3 is 1.83 bits per heavy atom. The summed E-state index contributed by atoms with van der Waals surface area (Å²) < 4.78 is 11.8. The molecule has 0 aliphatic rings. The zero-order valence-electron chi connectivity index (χ0n) is 37.6. The summed E-state index contributed by atoms with van der Waals surface area (Å²) in [7, 11) is 16.2. The van der Waals surface area contributed by atoms with E-state index in [9.17, 15) is 0 Å². The van der Waals surface area contributed by atoms with Crippen LogP contribution in [0.2, 0.25) is 0 Å². The second kappa shape index (κ2) is 15.3. The SMILES string of the molecule is Bc1c(B)c(B)c2c(sc3c(B)c(B)c(N(c4ccc(-c5ccccc5)cc4)c4cc(-c5cccc6oc(-c7ccccc7)nc56)c5c(c4)sc4ccc6ccccc6c45)c(B)c32)c1B. The second-order valence-electron chi connectivity index (χ2n) is 17.6. The third-order valence-electron chi connectivity index (χ3n) is 14.2. The minimum absolute atomic E-state index is 0.621. The number of aromatic nitrogens is 1. The molecule has 12 heteroatoms. The second-order valence-corrected chi connectivity index (χ2v) is 19.8. The molecule has 0 radical (unpaired) electrons. The summed E-state index contributed by atoms with van der Waals surface area (Å²) in [6.45, 7) is 0. The van der Waals surface area contributed by atoms with Crippen molar-refractivity contribution in [3.05, 3.63) is 152 Å². The first-order valence-corrected chi connectivity index (χ1v) is 24.0. The number of fused-ring (bicyclic) bond motifs is 9. The maximum Gasteiger partial charge on any atom is 0.227 e.